The van der Waals surface area contributed by atoms with Crippen molar-refractivity contribution in [2.75, 3.05) is 11.9 Å². The summed E-state index contributed by atoms with van der Waals surface area (Å²) in [6.45, 7) is 5.58. The summed E-state index contributed by atoms with van der Waals surface area (Å²) in [5, 5.41) is 11.3. The highest BCUT2D eigenvalue weighted by Gasteiger charge is 2.06. The molecule has 0 bridgehead atoms. The largest absolute Gasteiger partial charge is 0.478 e. The minimum atomic E-state index is -0.995. The maximum atomic E-state index is 11.6. The first-order valence-corrected chi connectivity index (χ1v) is 6.31. The van der Waals surface area contributed by atoms with Crippen molar-refractivity contribution in [1.29, 1.82) is 0 Å². The van der Waals surface area contributed by atoms with Crippen molar-refractivity contribution < 1.29 is 19.4 Å². The van der Waals surface area contributed by atoms with Crippen molar-refractivity contribution in [3.05, 3.63) is 35.4 Å². The fourth-order valence-corrected chi connectivity index (χ4v) is 1.53. The van der Waals surface area contributed by atoms with Crippen LogP contribution in [0.25, 0.3) is 6.08 Å². The Balaban J connectivity index is 2.68. The molecule has 5 nitrogen and oxygen atoms in total. The molecule has 0 spiro atoms. The van der Waals surface area contributed by atoms with Gasteiger partial charge in [-0.1, -0.05) is 6.07 Å². The van der Waals surface area contributed by atoms with Crippen LogP contribution < -0.4 is 5.32 Å². The predicted octanol–water partition coefficient (Wildman–Crippen LogP) is 2.46. The van der Waals surface area contributed by atoms with Gasteiger partial charge in [0.15, 0.2) is 0 Å². The van der Waals surface area contributed by atoms with Gasteiger partial charge in [0, 0.05) is 11.8 Å². The quantitative estimate of drug-likeness (QED) is 0.783. The van der Waals surface area contributed by atoms with Crippen LogP contribution in [0.5, 0.6) is 0 Å². The maximum Gasteiger partial charge on any atom is 0.328 e. The Morgan fingerprint density at radius 2 is 2.10 bits per heavy atom. The van der Waals surface area contributed by atoms with E-state index in [1.54, 1.807) is 18.2 Å². The van der Waals surface area contributed by atoms with E-state index in [9.17, 15) is 9.59 Å². The Morgan fingerprint density at radius 1 is 1.40 bits per heavy atom. The number of carboxylic acid groups (broad SMARTS) is 1. The number of anilines is 1. The molecule has 1 aromatic carbocycles. The molecule has 1 amide bonds. The van der Waals surface area contributed by atoms with Gasteiger partial charge >= 0.3 is 5.97 Å². The summed E-state index contributed by atoms with van der Waals surface area (Å²) >= 11 is 0. The molecule has 0 atom stereocenters. The van der Waals surface area contributed by atoms with Crippen LogP contribution in [-0.4, -0.2) is 29.7 Å². The summed E-state index contributed by atoms with van der Waals surface area (Å²) in [6.07, 6.45) is 2.58. The molecule has 0 heterocycles. The second-order valence-corrected chi connectivity index (χ2v) is 4.65. The molecule has 108 valence electrons. The Kier molecular flexibility index (Phi) is 5.93. The van der Waals surface area contributed by atoms with Gasteiger partial charge in [-0.3, -0.25) is 4.79 Å². The Morgan fingerprint density at radius 3 is 2.65 bits per heavy atom. The van der Waals surface area contributed by atoms with Crippen molar-refractivity contribution in [2.24, 2.45) is 0 Å². The molecule has 0 aromatic heterocycles. The highest BCUT2D eigenvalue weighted by molar-refractivity contribution is 5.92. The zero-order valence-corrected chi connectivity index (χ0v) is 11.8. The van der Waals surface area contributed by atoms with Crippen LogP contribution in [-0.2, 0) is 14.3 Å². The van der Waals surface area contributed by atoms with Crippen LogP contribution in [0.15, 0.2) is 24.3 Å². The number of amides is 1. The first-order chi connectivity index (χ1) is 9.38. The van der Waals surface area contributed by atoms with Gasteiger partial charge in [0.25, 0.3) is 0 Å². The van der Waals surface area contributed by atoms with Crippen LogP contribution in [0.1, 0.15) is 25.0 Å². The maximum absolute atomic E-state index is 11.6. The first kappa shape index (κ1) is 15.9. The molecule has 1 aromatic rings. The van der Waals surface area contributed by atoms with Gasteiger partial charge in [0.1, 0.15) is 6.61 Å². The average Bonchev–Trinajstić information content (AvgIpc) is 2.36. The van der Waals surface area contributed by atoms with Crippen molar-refractivity contribution in [3.8, 4) is 0 Å². The van der Waals surface area contributed by atoms with Crippen LogP contribution in [0.4, 0.5) is 5.69 Å². The minimum Gasteiger partial charge on any atom is -0.478 e. The van der Waals surface area contributed by atoms with E-state index in [2.05, 4.69) is 5.32 Å². The number of hydrogen-bond acceptors (Lipinski definition) is 3. The van der Waals surface area contributed by atoms with Crippen LogP contribution >= 0.6 is 0 Å². The molecule has 0 aliphatic carbocycles. The lowest BCUT2D eigenvalue weighted by atomic mass is 10.1. The monoisotopic (exact) mass is 277 g/mol. The molecule has 0 aliphatic rings. The molecular weight excluding hydrogens is 258 g/mol. The van der Waals surface area contributed by atoms with Crippen LogP contribution in [0.3, 0.4) is 0 Å². The lowest BCUT2D eigenvalue weighted by Gasteiger charge is -2.11. The lowest BCUT2D eigenvalue weighted by molar-refractivity contribution is -0.131. The number of aryl methyl sites for hydroxylation is 1. The smallest absolute Gasteiger partial charge is 0.328 e. The number of benzene rings is 1. The minimum absolute atomic E-state index is 0.00498. The predicted molar refractivity (Wildman–Crippen MR) is 77.6 cm³/mol. The number of carboxylic acids is 1. The summed E-state index contributed by atoms with van der Waals surface area (Å²) in [5.41, 5.74) is 2.31. The third kappa shape index (κ3) is 5.67. The number of hydrogen-bond donors (Lipinski definition) is 2. The van der Waals surface area contributed by atoms with E-state index < -0.39 is 5.97 Å². The molecule has 20 heavy (non-hydrogen) atoms. The van der Waals surface area contributed by atoms with Gasteiger partial charge in [-0.05, 0) is 50.1 Å². The fourth-order valence-electron chi connectivity index (χ4n) is 1.53. The Bertz CT molecular complexity index is 521. The summed E-state index contributed by atoms with van der Waals surface area (Å²) in [5.74, 6) is -1.21. The van der Waals surface area contributed by atoms with Gasteiger partial charge in [-0.15, -0.1) is 0 Å². The van der Waals surface area contributed by atoms with Gasteiger partial charge in [-0.2, -0.15) is 0 Å². The van der Waals surface area contributed by atoms with E-state index in [1.807, 2.05) is 20.8 Å². The average molecular weight is 277 g/mol. The summed E-state index contributed by atoms with van der Waals surface area (Å²) in [7, 11) is 0. The van der Waals surface area contributed by atoms with Gasteiger partial charge in [-0.25, -0.2) is 4.79 Å². The molecule has 1 rings (SSSR count). The first-order valence-electron chi connectivity index (χ1n) is 6.31. The van der Waals surface area contributed by atoms with Gasteiger partial charge in [0.2, 0.25) is 5.91 Å². The molecule has 5 heteroatoms. The Hall–Kier alpha value is -2.14. The van der Waals surface area contributed by atoms with E-state index >= 15 is 0 Å². The number of carbonyl (C=O) groups is 2. The SMILES string of the molecule is Cc1cc(/C=C/C(=O)O)ccc1NC(=O)COC(C)C. The highest BCUT2D eigenvalue weighted by Crippen LogP contribution is 2.17. The van der Waals surface area contributed by atoms with Crippen molar-refractivity contribution in [2.45, 2.75) is 26.9 Å². The van der Waals surface area contributed by atoms with Crippen molar-refractivity contribution >= 4 is 23.6 Å². The molecular formula is C15H19NO4. The molecule has 0 fully saturated rings. The van der Waals surface area contributed by atoms with Crippen LogP contribution in [0.2, 0.25) is 0 Å². The normalized spacial score (nSPS) is 11.0. The second-order valence-electron chi connectivity index (χ2n) is 4.65. The molecule has 0 unspecified atom stereocenters. The van der Waals surface area contributed by atoms with Crippen LogP contribution in [0, 0.1) is 6.92 Å². The summed E-state index contributed by atoms with van der Waals surface area (Å²) < 4.78 is 5.22. The molecule has 0 aliphatic heterocycles. The topological polar surface area (TPSA) is 75.6 Å². The molecule has 0 saturated carbocycles. The standard InChI is InChI=1S/C15H19NO4/c1-10(2)20-9-14(17)16-13-6-4-12(8-11(13)3)5-7-15(18)19/h4-8,10H,9H2,1-3H3,(H,16,17)(H,18,19)/b7-5+. The summed E-state index contributed by atoms with van der Waals surface area (Å²) in [6, 6.07) is 5.29. The molecule has 2 N–H and O–H groups in total. The highest BCUT2D eigenvalue weighted by atomic mass is 16.5. The van der Waals surface area contributed by atoms with Crippen molar-refractivity contribution in [3.63, 3.8) is 0 Å². The van der Waals surface area contributed by atoms with Gasteiger partial charge < -0.3 is 15.2 Å². The molecule has 0 saturated heterocycles. The number of rotatable bonds is 6. The molecule has 0 radical (unpaired) electrons. The van der Waals surface area contributed by atoms with E-state index in [1.165, 1.54) is 6.08 Å². The number of carbonyl (C=O) groups excluding carboxylic acids is 1. The van der Waals surface area contributed by atoms with Crippen molar-refractivity contribution in [1.82, 2.24) is 0 Å². The Labute approximate surface area is 118 Å². The number of aliphatic carboxylic acids is 1. The van der Waals surface area contributed by atoms with Gasteiger partial charge in [0.05, 0.1) is 6.10 Å². The van der Waals surface area contributed by atoms with E-state index in [0.717, 1.165) is 17.2 Å². The second kappa shape index (κ2) is 7.45. The third-order valence-electron chi connectivity index (χ3n) is 2.49. The van der Waals surface area contributed by atoms with E-state index in [0.29, 0.717) is 5.69 Å². The zero-order chi connectivity index (χ0) is 15.1. The zero-order valence-electron chi connectivity index (χ0n) is 11.8. The number of nitrogens with one attached hydrogen (secondary N) is 1. The summed E-state index contributed by atoms with van der Waals surface area (Å²) in [4.78, 5) is 22.1. The van der Waals surface area contributed by atoms with E-state index in [4.69, 9.17) is 9.84 Å². The number of ether oxygens (including phenoxy) is 1. The van der Waals surface area contributed by atoms with E-state index in [-0.39, 0.29) is 18.6 Å². The fraction of sp³-hybridized carbons (Fsp3) is 0.333. The third-order valence-corrected chi connectivity index (χ3v) is 2.49. The lowest BCUT2D eigenvalue weighted by Crippen LogP contribution is -2.21.